The van der Waals surface area contributed by atoms with Gasteiger partial charge in [0.2, 0.25) is 0 Å². The zero-order valence-electron chi connectivity index (χ0n) is 8.51. The molecule has 4 nitrogen and oxygen atoms in total. The molecule has 0 saturated carbocycles. The van der Waals surface area contributed by atoms with Gasteiger partial charge in [0, 0.05) is 7.57 Å². The van der Waals surface area contributed by atoms with Crippen LogP contribution in [-0.4, -0.2) is 22.2 Å². The molecule has 0 aromatic carbocycles. The summed E-state index contributed by atoms with van der Waals surface area (Å²) in [6.07, 6.45) is 3.23. The van der Waals surface area contributed by atoms with Gasteiger partial charge >= 0.3 is 5.97 Å². The van der Waals surface area contributed by atoms with Crippen molar-refractivity contribution in [3.05, 3.63) is 36.2 Å². The number of rotatable bonds is 2. The highest BCUT2D eigenvalue weighted by Gasteiger charge is 2.12. The van der Waals surface area contributed by atoms with Gasteiger partial charge in [-0.05, 0) is 19.0 Å². The first-order valence-electron chi connectivity index (χ1n) is 4.92. The van der Waals surface area contributed by atoms with Crippen molar-refractivity contribution in [3.8, 4) is 0 Å². The molecule has 4 heteroatoms. The molecule has 0 fully saturated rings. The maximum absolute atomic E-state index is 11.5. The van der Waals surface area contributed by atoms with E-state index in [9.17, 15) is 4.79 Å². The molecule has 2 aromatic heterocycles. The van der Waals surface area contributed by atoms with Crippen LogP contribution in [-0.2, 0) is 4.74 Å². The molecule has 14 heavy (non-hydrogen) atoms. The van der Waals surface area contributed by atoms with Crippen molar-refractivity contribution >= 4 is 11.5 Å². The van der Waals surface area contributed by atoms with Gasteiger partial charge in [0.05, 0.1) is 18.3 Å². The minimum Gasteiger partial charge on any atom is -0.462 e. The van der Waals surface area contributed by atoms with E-state index < -0.39 is 5.97 Å². The first kappa shape index (κ1) is 7.55. The minimum atomic E-state index is -0.427. The second kappa shape index (κ2) is 3.49. The summed E-state index contributed by atoms with van der Waals surface area (Å²) in [6, 6.07) is 5.46. The molecule has 0 aliphatic carbocycles. The van der Waals surface area contributed by atoms with Crippen LogP contribution in [0.1, 0.15) is 18.6 Å². The van der Waals surface area contributed by atoms with Gasteiger partial charge in [-0.3, -0.25) is 0 Å². The van der Waals surface area contributed by atoms with Crippen molar-refractivity contribution in [2.24, 2.45) is 0 Å². The highest BCUT2D eigenvalue weighted by atomic mass is 16.5. The van der Waals surface area contributed by atoms with Crippen LogP contribution in [0.3, 0.4) is 0 Å². The van der Waals surface area contributed by atoms with E-state index in [1.165, 1.54) is 6.20 Å². The van der Waals surface area contributed by atoms with Crippen LogP contribution in [0.5, 0.6) is 0 Å². The predicted molar refractivity (Wildman–Crippen MR) is 51.1 cm³/mol. The van der Waals surface area contributed by atoms with E-state index in [0.29, 0.717) is 11.1 Å². The number of hydrogen-bond donors (Lipinski definition) is 0. The highest BCUT2D eigenvalue weighted by Crippen LogP contribution is 2.10. The van der Waals surface area contributed by atoms with Crippen LogP contribution >= 0.6 is 0 Å². The molecule has 0 atom stereocenters. The minimum absolute atomic E-state index is 0.0744. The fourth-order valence-corrected chi connectivity index (χ4v) is 1.26. The fraction of sp³-hybridized carbons (Fsp3) is 0.200. The third kappa shape index (κ3) is 1.35. The van der Waals surface area contributed by atoms with E-state index in [0.717, 1.165) is 0 Å². The normalized spacial score (nSPS) is 11.3. The average Bonchev–Trinajstić information content (AvgIpc) is 2.69. The lowest BCUT2D eigenvalue weighted by atomic mass is 10.3. The van der Waals surface area contributed by atoms with Crippen LogP contribution in [0.2, 0.25) is 0 Å². The number of aromatic nitrogens is 2. The van der Waals surface area contributed by atoms with Gasteiger partial charge in [-0.25, -0.2) is 9.31 Å². The van der Waals surface area contributed by atoms with Crippen molar-refractivity contribution in [1.82, 2.24) is 9.61 Å². The molecule has 0 aliphatic heterocycles. The molecule has 0 aliphatic rings. The molecular formula is C10H10N2O2. The molecule has 0 unspecified atom stereocenters. The lowest BCUT2D eigenvalue weighted by Crippen LogP contribution is -2.03. The second-order valence-corrected chi connectivity index (χ2v) is 2.72. The van der Waals surface area contributed by atoms with E-state index >= 15 is 0 Å². The molecule has 0 amide bonds. The van der Waals surface area contributed by atoms with Crippen LogP contribution in [0, 0.1) is 0 Å². The van der Waals surface area contributed by atoms with Gasteiger partial charge in [-0.15, -0.1) is 0 Å². The first-order valence-corrected chi connectivity index (χ1v) is 4.21. The Labute approximate surface area is 82.5 Å². The Morgan fingerprint density at radius 1 is 1.71 bits per heavy atom. The molecule has 0 bridgehead atoms. The Balaban J connectivity index is 2.31. The van der Waals surface area contributed by atoms with E-state index in [1.54, 1.807) is 16.8 Å². The van der Waals surface area contributed by atoms with Crippen LogP contribution in [0.15, 0.2) is 30.6 Å². The number of ether oxygens (including phenoxy) is 1. The van der Waals surface area contributed by atoms with Crippen molar-refractivity contribution in [3.63, 3.8) is 0 Å². The van der Waals surface area contributed by atoms with Crippen LogP contribution in [0.4, 0.5) is 0 Å². The number of esters is 1. The van der Waals surface area contributed by atoms with E-state index in [-0.39, 0.29) is 13.5 Å². The smallest absolute Gasteiger partial charge is 0.341 e. The molecule has 0 spiro atoms. The lowest BCUT2D eigenvalue weighted by molar-refractivity contribution is 0.0528. The van der Waals surface area contributed by atoms with Gasteiger partial charge < -0.3 is 4.74 Å². The lowest BCUT2D eigenvalue weighted by Gasteiger charge is -1.98. The highest BCUT2D eigenvalue weighted by molar-refractivity contribution is 5.96. The van der Waals surface area contributed by atoms with E-state index in [4.69, 9.17) is 6.11 Å². The van der Waals surface area contributed by atoms with Crippen molar-refractivity contribution in [2.45, 2.75) is 6.90 Å². The number of carbonyl (C=O) groups excluding carboxylic acids is 1. The number of carbonyl (C=O) groups is 1. The molecule has 2 aromatic rings. The first-order chi connectivity index (χ1) is 7.33. The summed E-state index contributed by atoms with van der Waals surface area (Å²) in [6.45, 7) is 0.188. The van der Waals surface area contributed by atoms with Crippen LogP contribution < -0.4 is 0 Å². The number of fused-ring (bicyclic) bond motifs is 1. The quantitative estimate of drug-likeness (QED) is 0.676. The predicted octanol–water partition coefficient (Wildman–Crippen LogP) is 1.51. The summed E-state index contributed by atoms with van der Waals surface area (Å²) >= 11 is 0. The standard InChI is InChI=1S/C10H10N2O2/c1-2-14-10(13)8-7-11-12-6-4-3-5-9(8)12/h3-7H,2H2,1H3/i1D. The molecule has 2 rings (SSSR count). The molecule has 72 valence electrons. The van der Waals surface area contributed by atoms with Gasteiger partial charge in [-0.1, -0.05) is 6.07 Å². The molecular weight excluding hydrogens is 180 g/mol. The molecule has 0 N–H and O–H groups in total. The van der Waals surface area contributed by atoms with E-state index in [2.05, 4.69) is 5.10 Å². The fourth-order valence-electron chi connectivity index (χ4n) is 1.26. The summed E-state index contributed by atoms with van der Waals surface area (Å²) in [5, 5.41) is 4.02. The average molecular weight is 191 g/mol. The summed E-state index contributed by atoms with van der Waals surface area (Å²) in [7, 11) is 0. The van der Waals surface area contributed by atoms with Gasteiger partial charge in [0.25, 0.3) is 0 Å². The summed E-state index contributed by atoms with van der Waals surface area (Å²) in [4.78, 5) is 11.5. The summed E-state index contributed by atoms with van der Waals surface area (Å²) < 4.78 is 13.4. The molecule has 2 heterocycles. The molecule has 0 saturated heterocycles. The summed E-state index contributed by atoms with van der Waals surface area (Å²) in [5.41, 5.74) is 1.15. The Morgan fingerprint density at radius 2 is 2.64 bits per heavy atom. The Hall–Kier alpha value is -1.84. The van der Waals surface area contributed by atoms with Crippen molar-refractivity contribution in [1.29, 1.82) is 0 Å². The zero-order valence-corrected chi connectivity index (χ0v) is 7.51. The summed E-state index contributed by atoms with van der Waals surface area (Å²) in [5.74, 6) is -0.427. The Morgan fingerprint density at radius 3 is 3.50 bits per heavy atom. The maximum atomic E-state index is 11.5. The number of pyridine rings is 1. The third-order valence-corrected chi connectivity index (χ3v) is 1.88. The zero-order chi connectivity index (χ0) is 10.7. The number of hydrogen-bond acceptors (Lipinski definition) is 3. The number of nitrogens with zero attached hydrogens (tertiary/aromatic N) is 2. The van der Waals surface area contributed by atoms with Crippen LogP contribution in [0.25, 0.3) is 5.52 Å². The van der Waals surface area contributed by atoms with Gasteiger partial charge in [0.1, 0.15) is 5.56 Å². The van der Waals surface area contributed by atoms with E-state index in [1.807, 2.05) is 12.1 Å². The SMILES string of the molecule is [2H]CCOC(=O)c1cnn2ccccc12. The maximum Gasteiger partial charge on any atom is 0.341 e. The van der Waals surface area contributed by atoms with Crippen molar-refractivity contribution < 1.29 is 10.9 Å². The molecule has 0 radical (unpaired) electrons. The van der Waals surface area contributed by atoms with Gasteiger partial charge in [0.15, 0.2) is 0 Å². The van der Waals surface area contributed by atoms with Crippen molar-refractivity contribution in [2.75, 3.05) is 6.61 Å². The third-order valence-electron chi connectivity index (χ3n) is 1.88. The van der Waals surface area contributed by atoms with Gasteiger partial charge in [-0.2, -0.15) is 5.10 Å². The Bertz CT molecular complexity index is 481. The Kier molecular flexibility index (Phi) is 1.88. The second-order valence-electron chi connectivity index (χ2n) is 2.72. The topological polar surface area (TPSA) is 43.6 Å². The largest absolute Gasteiger partial charge is 0.462 e. The monoisotopic (exact) mass is 191 g/mol.